The number of nitrogens with zero attached hydrogens (tertiary/aromatic N) is 2. The van der Waals surface area contributed by atoms with Crippen LogP contribution in [-0.2, 0) is 6.61 Å². The molecule has 0 radical (unpaired) electrons. The van der Waals surface area contributed by atoms with Crippen LogP contribution in [0.2, 0.25) is 5.02 Å². The molecule has 0 atom stereocenters. The van der Waals surface area contributed by atoms with Crippen molar-refractivity contribution < 1.29 is 9.26 Å². The zero-order chi connectivity index (χ0) is 13.9. The Balaban J connectivity index is 1.70. The molecule has 3 rings (SSSR count). The Morgan fingerprint density at radius 1 is 1.35 bits per heavy atom. The van der Waals surface area contributed by atoms with Gasteiger partial charge in [0, 0.05) is 5.02 Å². The third kappa shape index (κ3) is 3.03. The molecular weight excluding hydrogens is 364 g/mol. The van der Waals surface area contributed by atoms with Crippen molar-refractivity contribution >= 4 is 38.9 Å². The summed E-state index contributed by atoms with van der Waals surface area (Å²) in [7, 11) is 0. The molecule has 0 saturated carbocycles. The molecule has 0 saturated heterocycles. The van der Waals surface area contributed by atoms with Crippen LogP contribution in [0, 0.1) is 0 Å². The van der Waals surface area contributed by atoms with Crippen molar-refractivity contribution in [3.05, 3.63) is 51.0 Å². The summed E-state index contributed by atoms with van der Waals surface area (Å²) in [6.07, 6.45) is 0. The van der Waals surface area contributed by atoms with Crippen molar-refractivity contribution in [1.82, 2.24) is 10.1 Å². The van der Waals surface area contributed by atoms with E-state index < -0.39 is 0 Å². The van der Waals surface area contributed by atoms with Crippen LogP contribution in [0.4, 0.5) is 0 Å². The standard InChI is InChI=1S/C13H8BrClN2O2S/c14-9-6-8(15)3-4-10(9)18-7-12-16-13(19-17-12)11-2-1-5-20-11/h1-6H,7H2. The van der Waals surface area contributed by atoms with Crippen molar-refractivity contribution in [2.45, 2.75) is 6.61 Å². The van der Waals surface area contributed by atoms with Gasteiger partial charge in [0.05, 0.1) is 9.35 Å². The Kier molecular flexibility index (Phi) is 4.05. The van der Waals surface area contributed by atoms with Gasteiger partial charge in [0.2, 0.25) is 5.82 Å². The van der Waals surface area contributed by atoms with Crippen molar-refractivity contribution in [1.29, 1.82) is 0 Å². The molecule has 2 heterocycles. The van der Waals surface area contributed by atoms with Crippen molar-refractivity contribution in [3.8, 4) is 16.5 Å². The highest BCUT2D eigenvalue weighted by molar-refractivity contribution is 9.10. The molecule has 0 bridgehead atoms. The molecule has 0 amide bonds. The molecule has 0 aliphatic rings. The second-order valence-electron chi connectivity index (χ2n) is 3.86. The van der Waals surface area contributed by atoms with Crippen LogP contribution in [0.1, 0.15) is 5.82 Å². The Bertz CT molecular complexity index is 715. The van der Waals surface area contributed by atoms with Gasteiger partial charge in [0.15, 0.2) is 6.61 Å². The van der Waals surface area contributed by atoms with Gasteiger partial charge in [-0.1, -0.05) is 22.8 Å². The van der Waals surface area contributed by atoms with Gasteiger partial charge in [-0.25, -0.2) is 0 Å². The zero-order valence-electron chi connectivity index (χ0n) is 10.0. The first kappa shape index (κ1) is 13.6. The molecule has 0 fully saturated rings. The van der Waals surface area contributed by atoms with E-state index in [1.165, 1.54) is 0 Å². The Labute approximate surface area is 132 Å². The smallest absolute Gasteiger partial charge is 0.268 e. The van der Waals surface area contributed by atoms with Gasteiger partial charge in [-0.2, -0.15) is 4.98 Å². The molecule has 0 N–H and O–H groups in total. The molecule has 7 heteroatoms. The maximum atomic E-state index is 5.87. The summed E-state index contributed by atoms with van der Waals surface area (Å²) >= 11 is 10.8. The fraction of sp³-hybridized carbons (Fsp3) is 0.0769. The normalized spacial score (nSPS) is 10.7. The van der Waals surface area contributed by atoms with E-state index in [2.05, 4.69) is 26.1 Å². The van der Waals surface area contributed by atoms with Gasteiger partial charge in [-0.15, -0.1) is 11.3 Å². The second kappa shape index (κ2) is 5.95. The minimum absolute atomic E-state index is 0.231. The lowest BCUT2D eigenvalue weighted by molar-refractivity contribution is 0.285. The summed E-state index contributed by atoms with van der Waals surface area (Å²) in [5.41, 5.74) is 0. The predicted octanol–water partition coefficient (Wildman–Crippen LogP) is 4.79. The summed E-state index contributed by atoms with van der Waals surface area (Å²) in [6, 6.07) is 9.18. The predicted molar refractivity (Wildman–Crippen MR) is 81.1 cm³/mol. The van der Waals surface area contributed by atoms with Crippen LogP contribution in [0.15, 0.2) is 44.7 Å². The molecule has 0 spiro atoms. The topological polar surface area (TPSA) is 48.2 Å². The van der Waals surface area contributed by atoms with Crippen LogP contribution in [0.25, 0.3) is 10.8 Å². The molecule has 3 aromatic rings. The number of aromatic nitrogens is 2. The molecule has 0 aliphatic carbocycles. The first-order valence-electron chi connectivity index (χ1n) is 5.67. The maximum absolute atomic E-state index is 5.87. The molecule has 2 aromatic heterocycles. The molecule has 0 unspecified atom stereocenters. The molecular formula is C13H8BrClN2O2S. The average molecular weight is 372 g/mol. The summed E-state index contributed by atoms with van der Waals surface area (Å²) < 4.78 is 11.6. The minimum atomic E-state index is 0.231. The Hall–Kier alpha value is -1.37. The van der Waals surface area contributed by atoms with E-state index in [4.69, 9.17) is 20.9 Å². The Morgan fingerprint density at radius 2 is 2.25 bits per heavy atom. The van der Waals surface area contributed by atoms with E-state index in [1.54, 1.807) is 29.5 Å². The van der Waals surface area contributed by atoms with E-state index in [0.29, 0.717) is 22.5 Å². The summed E-state index contributed by atoms with van der Waals surface area (Å²) in [5, 5.41) is 6.49. The van der Waals surface area contributed by atoms with Crippen LogP contribution in [0.5, 0.6) is 5.75 Å². The lowest BCUT2D eigenvalue weighted by Gasteiger charge is -2.05. The third-order valence-electron chi connectivity index (χ3n) is 2.45. The summed E-state index contributed by atoms with van der Waals surface area (Å²) in [4.78, 5) is 5.22. The summed E-state index contributed by atoms with van der Waals surface area (Å²) in [6.45, 7) is 0.231. The quantitative estimate of drug-likeness (QED) is 0.661. The monoisotopic (exact) mass is 370 g/mol. The summed E-state index contributed by atoms with van der Waals surface area (Å²) in [5.74, 6) is 1.68. The lowest BCUT2D eigenvalue weighted by Crippen LogP contribution is -1.98. The maximum Gasteiger partial charge on any atom is 0.268 e. The van der Waals surface area contributed by atoms with Crippen molar-refractivity contribution in [3.63, 3.8) is 0 Å². The van der Waals surface area contributed by atoms with E-state index >= 15 is 0 Å². The largest absolute Gasteiger partial charge is 0.484 e. The fourth-order valence-electron chi connectivity index (χ4n) is 1.55. The van der Waals surface area contributed by atoms with Gasteiger partial charge in [-0.3, -0.25) is 0 Å². The van der Waals surface area contributed by atoms with Crippen molar-refractivity contribution in [2.24, 2.45) is 0 Å². The van der Waals surface area contributed by atoms with Gasteiger partial charge >= 0.3 is 0 Å². The molecule has 4 nitrogen and oxygen atoms in total. The number of ether oxygens (including phenoxy) is 1. The molecule has 0 aliphatic heterocycles. The van der Waals surface area contributed by atoms with Gasteiger partial charge in [0.25, 0.3) is 5.89 Å². The number of hydrogen-bond donors (Lipinski definition) is 0. The van der Waals surface area contributed by atoms with Gasteiger partial charge in [-0.05, 0) is 45.6 Å². The molecule has 102 valence electrons. The average Bonchev–Trinajstić information content (AvgIpc) is 3.08. The highest BCUT2D eigenvalue weighted by Crippen LogP contribution is 2.28. The van der Waals surface area contributed by atoms with E-state index in [-0.39, 0.29) is 6.61 Å². The number of hydrogen-bond acceptors (Lipinski definition) is 5. The third-order valence-corrected chi connectivity index (χ3v) is 4.16. The van der Waals surface area contributed by atoms with Crippen LogP contribution >= 0.6 is 38.9 Å². The van der Waals surface area contributed by atoms with E-state index in [0.717, 1.165) is 9.35 Å². The highest BCUT2D eigenvalue weighted by Gasteiger charge is 2.10. The first-order chi connectivity index (χ1) is 9.72. The highest BCUT2D eigenvalue weighted by atomic mass is 79.9. The zero-order valence-corrected chi connectivity index (χ0v) is 13.2. The van der Waals surface area contributed by atoms with Crippen LogP contribution < -0.4 is 4.74 Å². The van der Waals surface area contributed by atoms with Gasteiger partial charge < -0.3 is 9.26 Å². The van der Waals surface area contributed by atoms with Crippen molar-refractivity contribution in [2.75, 3.05) is 0 Å². The van der Waals surface area contributed by atoms with Crippen LogP contribution in [-0.4, -0.2) is 10.1 Å². The van der Waals surface area contributed by atoms with E-state index in [9.17, 15) is 0 Å². The first-order valence-corrected chi connectivity index (χ1v) is 7.72. The van der Waals surface area contributed by atoms with Crippen LogP contribution in [0.3, 0.4) is 0 Å². The molecule has 20 heavy (non-hydrogen) atoms. The fourth-order valence-corrected chi connectivity index (χ4v) is 2.99. The number of benzene rings is 1. The number of thiophene rings is 1. The minimum Gasteiger partial charge on any atom is -0.484 e. The number of rotatable bonds is 4. The second-order valence-corrected chi connectivity index (χ2v) is 6.09. The Morgan fingerprint density at radius 3 is 3.00 bits per heavy atom. The lowest BCUT2D eigenvalue weighted by atomic mass is 10.3. The van der Waals surface area contributed by atoms with Gasteiger partial charge in [0.1, 0.15) is 5.75 Å². The SMILES string of the molecule is Clc1ccc(OCc2noc(-c3cccs3)n2)c(Br)c1. The molecule has 1 aromatic carbocycles. The number of halogens is 2. The van der Waals surface area contributed by atoms with E-state index in [1.807, 2.05) is 17.5 Å².